The number of halogens is 4. The predicted octanol–water partition coefficient (Wildman–Crippen LogP) is 4.76. The van der Waals surface area contributed by atoms with Gasteiger partial charge in [-0.1, -0.05) is 6.07 Å². The largest absolute Gasteiger partial charge is 0.478 e. The normalized spacial score (nSPS) is 22.5. The molecule has 0 saturated heterocycles. The molecule has 1 aromatic carbocycles. The summed E-state index contributed by atoms with van der Waals surface area (Å²) < 4.78 is 64.4. The van der Waals surface area contributed by atoms with Gasteiger partial charge in [0, 0.05) is 18.7 Å². The zero-order chi connectivity index (χ0) is 23.2. The molecule has 1 aliphatic heterocycles. The summed E-state index contributed by atoms with van der Waals surface area (Å²) in [7, 11) is 0. The number of aromatic nitrogens is 1. The number of alkyl halides is 1. The van der Waals surface area contributed by atoms with Crippen molar-refractivity contribution in [1.82, 2.24) is 9.88 Å². The predicted molar refractivity (Wildman–Crippen MR) is 112 cm³/mol. The zero-order valence-corrected chi connectivity index (χ0v) is 18.3. The first-order chi connectivity index (χ1) is 15.1. The number of benzene rings is 1. The van der Waals surface area contributed by atoms with Crippen molar-refractivity contribution in [3.63, 3.8) is 0 Å². The highest BCUT2D eigenvalue weighted by Crippen LogP contribution is 2.50. The second-order valence-corrected chi connectivity index (χ2v) is 8.76. The Morgan fingerprint density at radius 1 is 1.25 bits per heavy atom. The van der Waals surface area contributed by atoms with Gasteiger partial charge < -0.3 is 9.84 Å². The van der Waals surface area contributed by atoms with Crippen LogP contribution in [0.4, 0.5) is 17.6 Å². The Kier molecular flexibility index (Phi) is 6.02. The van der Waals surface area contributed by atoms with Crippen LogP contribution in [-0.2, 0) is 6.42 Å². The highest BCUT2D eigenvalue weighted by Gasteiger charge is 2.44. The van der Waals surface area contributed by atoms with Gasteiger partial charge in [-0.05, 0) is 68.0 Å². The molecule has 172 valence electrons. The Hall–Kier alpha value is -2.45. The van der Waals surface area contributed by atoms with Crippen LogP contribution in [0.2, 0.25) is 0 Å². The first kappa shape index (κ1) is 22.7. The summed E-state index contributed by atoms with van der Waals surface area (Å²) in [5, 5.41) is 9.50. The summed E-state index contributed by atoms with van der Waals surface area (Å²) in [6.45, 7) is 4.02. The van der Waals surface area contributed by atoms with Gasteiger partial charge in [0.25, 0.3) is 0 Å². The van der Waals surface area contributed by atoms with Crippen LogP contribution < -0.4 is 4.74 Å². The molecule has 8 heteroatoms. The van der Waals surface area contributed by atoms with Crippen molar-refractivity contribution in [2.75, 3.05) is 19.8 Å². The highest BCUT2D eigenvalue weighted by atomic mass is 19.1. The Morgan fingerprint density at radius 3 is 2.66 bits per heavy atom. The lowest BCUT2D eigenvalue weighted by molar-refractivity contribution is 0.0179. The van der Waals surface area contributed by atoms with Crippen LogP contribution in [0, 0.1) is 17.6 Å². The number of hydrogen-bond acceptors (Lipinski definition) is 4. The average molecular weight is 450 g/mol. The lowest BCUT2D eigenvalue weighted by Gasteiger charge is -2.44. The number of fused-ring (bicyclic) bond motifs is 2. The van der Waals surface area contributed by atoms with E-state index in [4.69, 9.17) is 4.74 Å². The fourth-order valence-electron chi connectivity index (χ4n) is 4.81. The summed E-state index contributed by atoms with van der Waals surface area (Å²) >= 11 is 0. The number of hydrogen-bond donors (Lipinski definition) is 1. The van der Waals surface area contributed by atoms with E-state index in [0.717, 1.165) is 22.8 Å². The highest BCUT2D eigenvalue weighted by molar-refractivity contribution is 5.79. The molecule has 0 saturated carbocycles. The Morgan fingerprint density at radius 2 is 2.00 bits per heavy atom. The molecular formula is C24H26F4N2O2. The van der Waals surface area contributed by atoms with E-state index >= 15 is 8.78 Å². The maximum Gasteiger partial charge on any atom is 0.224 e. The van der Waals surface area contributed by atoms with E-state index in [-0.39, 0.29) is 36.5 Å². The van der Waals surface area contributed by atoms with E-state index in [1.807, 2.05) is 6.92 Å². The SMILES string of the molecule is CCOc1cc(F)c(C2C3=C(CC(C)N2CC(C)(F)CO)c2ccc(F)cc2C3)c(F)n1. The lowest BCUT2D eigenvalue weighted by atomic mass is 9.84. The molecule has 0 bridgehead atoms. The molecule has 32 heavy (non-hydrogen) atoms. The van der Waals surface area contributed by atoms with Gasteiger partial charge in [-0.2, -0.15) is 9.37 Å². The van der Waals surface area contributed by atoms with Crippen molar-refractivity contribution in [1.29, 1.82) is 0 Å². The minimum atomic E-state index is -1.98. The van der Waals surface area contributed by atoms with E-state index in [1.54, 1.807) is 17.9 Å². The van der Waals surface area contributed by atoms with Crippen molar-refractivity contribution in [3.8, 4) is 5.88 Å². The average Bonchev–Trinajstić information content (AvgIpc) is 3.06. The maximum absolute atomic E-state index is 15.3. The van der Waals surface area contributed by atoms with Gasteiger partial charge >= 0.3 is 0 Å². The van der Waals surface area contributed by atoms with E-state index < -0.39 is 30.1 Å². The number of rotatable bonds is 6. The van der Waals surface area contributed by atoms with Gasteiger partial charge in [0.1, 0.15) is 17.3 Å². The molecule has 2 aromatic rings. The van der Waals surface area contributed by atoms with Gasteiger partial charge in [-0.25, -0.2) is 13.2 Å². The van der Waals surface area contributed by atoms with Crippen LogP contribution in [-0.4, -0.2) is 46.5 Å². The van der Waals surface area contributed by atoms with Crippen LogP contribution in [0.3, 0.4) is 0 Å². The summed E-state index contributed by atoms with van der Waals surface area (Å²) in [5.74, 6) is -2.43. The maximum atomic E-state index is 15.3. The van der Waals surface area contributed by atoms with Crippen LogP contribution in [0.15, 0.2) is 29.8 Å². The van der Waals surface area contributed by atoms with E-state index in [0.29, 0.717) is 18.4 Å². The molecule has 2 heterocycles. The van der Waals surface area contributed by atoms with Gasteiger partial charge in [-0.3, -0.25) is 4.90 Å². The topological polar surface area (TPSA) is 45.6 Å². The molecule has 3 atom stereocenters. The van der Waals surface area contributed by atoms with E-state index in [2.05, 4.69) is 4.98 Å². The molecule has 4 nitrogen and oxygen atoms in total. The number of aliphatic hydroxyl groups is 1. The Balaban J connectivity index is 1.87. The monoisotopic (exact) mass is 450 g/mol. The molecule has 0 fully saturated rings. The van der Waals surface area contributed by atoms with Crippen LogP contribution in [0.5, 0.6) is 5.88 Å². The van der Waals surface area contributed by atoms with Gasteiger partial charge in [-0.15, -0.1) is 0 Å². The van der Waals surface area contributed by atoms with Crippen molar-refractivity contribution >= 4 is 5.57 Å². The standard InChI is InChI=1S/C24H26F4N2O2/c1-4-32-20-10-19(26)21(23(27)29-20)22-18-9-14-8-15(25)5-6-16(14)17(18)7-13(2)30(22)11-24(3,28)12-31/h5-6,8,10,13,22,31H,4,7,9,11-12H2,1-3H3. The van der Waals surface area contributed by atoms with E-state index in [9.17, 15) is 13.9 Å². The third-order valence-corrected chi connectivity index (χ3v) is 6.23. The molecule has 0 amide bonds. The molecule has 4 rings (SSSR count). The Bertz CT molecular complexity index is 1050. The van der Waals surface area contributed by atoms with Crippen molar-refractivity contribution < 1.29 is 27.4 Å². The number of ether oxygens (including phenoxy) is 1. The first-order valence-corrected chi connectivity index (χ1v) is 10.7. The fraction of sp³-hybridized carbons (Fsp3) is 0.458. The van der Waals surface area contributed by atoms with Crippen molar-refractivity contribution in [3.05, 3.63) is 64.1 Å². The number of aliphatic hydroxyl groups excluding tert-OH is 1. The second kappa shape index (κ2) is 8.48. The first-order valence-electron chi connectivity index (χ1n) is 10.7. The molecule has 1 N–H and O–H groups in total. The third kappa shape index (κ3) is 4.01. The minimum Gasteiger partial charge on any atom is -0.478 e. The van der Waals surface area contributed by atoms with Crippen LogP contribution in [0.25, 0.3) is 5.57 Å². The van der Waals surface area contributed by atoms with E-state index in [1.165, 1.54) is 19.1 Å². The van der Waals surface area contributed by atoms with Gasteiger partial charge in [0.15, 0.2) is 0 Å². The second-order valence-electron chi connectivity index (χ2n) is 8.76. The number of nitrogens with zero attached hydrogens (tertiary/aromatic N) is 2. The quantitative estimate of drug-likeness (QED) is 0.509. The van der Waals surface area contributed by atoms with Crippen molar-refractivity contribution in [2.45, 2.75) is 51.4 Å². The minimum absolute atomic E-state index is 0.168. The van der Waals surface area contributed by atoms with Crippen LogP contribution >= 0.6 is 0 Å². The molecule has 1 aliphatic carbocycles. The van der Waals surface area contributed by atoms with Gasteiger partial charge in [0.2, 0.25) is 11.8 Å². The lowest BCUT2D eigenvalue weighted by Crippen LogP contribution is -2.49. The molecule has 2 aliphatic rings. The fourth-order valence-corrected chi connectivity index (χ4v) is 4.81. The third-order valence-electron chi connectivity index (χ3n) is 6.23. The summed E-state index contributed by atoms with van der Waals surface area (Å²) in [5.41, 5.74) is 0.900. The van der Waals surface area contributed by atoms with Crippen LogP contribution in [0.1, 0.15) is 49.9 Å². The smallest absolute Gasteiger partial charge is 0.224 e. The summed E-state index contributed by atoms with van der Waals surface area (Å²) in [4.78, 5) is 5.44. The molecular weight excluding hydrogens is 424 g/mol. The molecule has 0 radical (unpaired) electrons. The summed E-state index contributed by atoms with van der Waals surface area (Å²) in [6, 6.07) is 4.27. The Labute approximate surface area is 184 Å². The molecule has 3 unspecified atom stereocenters. The molecule has 1 aromatic heterocycles. The zero-order valence-electron chi connectivity index (χ0n) is 18.3. The van der Waals surface area contributed by atoms with Gasteiger partial charge in [0.05, 0.1) is 24.8 Å². The van der Waals surface area contributed by atoms with Crippen molar-refractivity contribution in [2.24, 2.45) is 0 Å². The molecule has 0 spiro atoms. The summed E-state index contributed by atoms with van der Waals surface area (Å²) in [6.07, 6.45) is 0.810. The number of pyridine rings is 1.